The molecule has 0 aliphatic carbocycles. The molecule has 0 aromatic heterocycles. The van der Waals surface area contributed by atoms with Crippen molar-refractivity contribution in [2.75, 3.05) is 13.1 Å². The molecule has 0 amide bonds. The van der Waals surface area contributed by atoms with Gasteiger partial charge in [-0.2, -0.15) is 17.4 Å². The van der Waals surface area contributed by atoms with E-state index in [9.17, 15) is 8.42 Å². The van der Waals surface area contributed by atoms with Crippen molar-refractivity contribution in [2.24, 2.45) is 10.9 Å². The van der Waals surface area contributed by atoms with Crippen molar-refractivity contribution in [3.63, 3.8) is 0 Å². The highest BCUT2D eigenvalue weighted by molar-refractivity contribution is 7.87. The summed E-state index contributed by atoms with van der Waals surface area (Å²) in [6.07, 6.45) is 1.81. The normalized spacial score (nSPS) is 17.5. The fourth-order valence-corrected chi connectivity index (χ4v) is 3.36. The molecule has 0 unspecified atom stereocenters. The second kappa shape index (κ2) is 6.21. The van der Waals surface area contributed by atoms with Crippen LogP contribution in [0.4, 0.5) is 0 Å². The van der Waals surface area contributed by atoms with Crippen molar-refractivity contribution in [1.82, 2.24) is 9.03 Å². The summed E-state index contributed by atoms with van der Waals surface area (Å²) < 4.78 is 28.0. The zero-order chi connectivity index (χ0) is 14.6. The molecule has 0 atom stereocenters. The minimum absolute atomic E-state index is 0.00532. The molecule has 20 heavy (non-hydrogen) atoms. The van der Waals surface area contributed by atoms with Gasteiger partial charge in [0.25, 0.3) is 10.2 Å². The van der Waals surface area contributed by atoms with Gasteiger partial charge in [0.05, 0.1) is 0 Å². The lowest BCUT2D eigenvalue weighted by atomic mass is 10.1. The summed E-state index contributed by atoms with van der Waals surface area (Å²) in [5, 5.41) is 11.5. The molecular formula is C12H18N4O3S. The maximum Gasteiger partial charge on any atom is 0.279 e. The first-order valence-corrected chi connectivity index (χ1v) is 7.78. The number of amidine groups is 1. The van der Waals surface area contributed by atoms with Crippen LogP contribution in [0.2, 0.25) is 0 Å². The van der Waals surface area contributed by atoms with Crippen molar-refractivity contribution >= 4 is 16.0 Å². The van der Waals surface area contributed by atoms with Crippen molar-refractivity contribution in [3.05, 3.63) is 35.4 Å². The van der Waals surface area contributed by atoms with Crippen molar-refractivity contribution in [2.45, 2.75) is 19.4 Å². The van der Waals surface area contributed by atoms with E-state index in [4.69, 9.17) is 10.9 Å². The summed E-state index contributed by atoms with van der Waals surface area (Å²) in [7, 11) is -3.42. The molecule has 7 nitrogen and oxygen atoms in total. The van der Waals surface area contributed by atoms with Crippen molar-refractivity contribution in [1.29, 1.82) is 0 Å². The van der Waals surface area contributed by atoms with Crippen LogP contribution in [0.1, 0.15) is 24.0 Å². The number of nitrogens with zero attached hydrogens (tertiary/aromatic N) is 2. The lowest BCUT2D eigenvalue weighted by Gasteiger charge is -2.16. The highest BCUT2D eigenvalue weighted by atomic mass is 32.2. The number of hydrogen-bond acceptors (Lipinski definition) is 4. The van der Waals surface area contributed by atoms with Gasteiger partial charge in [-0.1, -0.05) is 23.4 Å². The van der Waals surface area contributed by atoms with E-state index in [0.29, 0.717) is 18.7 Å². The lowest BCUT2D eigenvalue weighted by Crippen LogP contribution is -2.38. The molecule has 0 spiro atoms. The lowest BCUT2D eigenvalue weighted by molar-refractivity contribution is 0.318. The van der Waals surface area contributed by atoms with E-state index in [1.165, 1.54) is 4.31 Å². The molecule has 8 heteroatoms. The number of benzene rings is 1. The number of oxime groups is 1. The molecule has 1 fully saturated rings. The molecule has 1 saturated heterocycles. The van der Waals surface area contributed by atoms with Crippen LogP contribution < -0.4 is 10.5 Å². The van der Waals surface area contributed by atoms with Gasteiger partial charge in [-0.3, -0.25) is 0 Å². The van der Waals surface area contributed by atoms with E-state index >= 15 is 0 Å². The number of nitrogens with one attached hydrogen (secondary N) is 1. The Morgan fingerprint density at radius 1 is 1.40 bits per heavy atom. The third-order valence-electron chi connectivity index (χ3n) is 3.19. The number of rotatable bonds is 5. The van der Waals surface area contributed by atoms with Crippen LogP contribution >= 0.6 is 0 Å². The predicted molar refractivity (Wildman–Crippen MR) is 75.5 cm³/mol. The average molecular weight is 298 g/mol. The first kappa shape index (κ1) is 14.8. The molecular weight excluding hydrogens is 280 g/mol. The summed E-state index contributed by atoms with van der Waals surface area (Å²) in [4.78, 5) is 0. The van der Waals surface area contributed by atoms with Crippen LogP contribution in [0, 0.1) is 0 Å². The molecule has 0 radical (unpaired) electrons. The molecule has 1 aliphatic rings. The Bertz CT molecular complexity index is 594. The van der Waals surface area contributed by atoms with Gasteiger partial charge >= 0.3 is 0 Å². The highest BCUT2D eigenvalue weighted by Gasteiger charge is 2.24. The smallest absolute Gasteiger partial charge is 0.279 e. The van der Waals surface area contributed by atoms with E-state index < -0.39 is 10.2 Å². The first-order valence-electron chi connectivity index (χ1n) is 6.34. The second-order valence-electron chi connectivity index (χ2n) is 4.62. The summed E-state index contributed by atoms with van der Waals surface area (Å²) >= 11 is 0. The Balaban J connectivity index is 2.04. The topological polar surface area (TPSA) is 108 Å². The molecule has 1 aliphatic heterocycles. The molecule has 1 aromatic rings. The fourth-order valence-electron chi connectivity index (χ4n) is 2.09. The minimum Gasteiger partial charge on any atom is -0.409 e. The van der Waals surface area contributed by atoms with Crippen LogP contribution in [-0.2, 0) is 16.8 Å². The highest BCUT2D eigenvalue weighted by Crippen LogP contribution is 2.12. The molecule has 2 rings (SSSR count). The third-order valence-corrected chi connectivity index (χ3v) is 4.75. The zero-order valence-corrected chi connectivity index (χ0v) is 11.8. The maximum absolute atomic E-state index is 12.0. The molecule has 0 bridgehead atoms. The van der Waals surface area contributed by atoms with Crippen molar-refractivity contribution in [3.8, 4) is 0 Å². The molecule has 110 valence electrons. The average Bonchev–Trinajstić information content (AvgIpc) is 3.00. The van der Waals surface area contributed by atoms with Crippen LogP contribution in [0.25, 0.3) is 0 Å². The van der Waals surface area contributed by atoms with Gasteiger partial charge in [0.1, 0.15) is 0 Å². The summed E-state index contributed by atoms with van der Waals surface area (Å²) in [6.45, 7) is 1.31. The van der Waals surface area contributed by atoms with E-state index in [0.717, 1.165) is 18.4 Å². The Kier molecular flexibility index (Phi) is 4.58. The van der Waals surface area contributed by atoms with Gasteiger partial charge in [-0.05, 0) is 24.5 Å². The Hall–Kier alpha value is -1.64. The first-order chi connectivity index (χ1) is 9.53. The van der Waals surface area contributed by atoms with Gasteiger partial charge in [-0.15, -0.1) is 0 Å². The van der Waals surface area contributed by atoms with Gasteiger partial charge < -0.3 is 10.9 Å². The summed E-state index contributed by atoms with van der Waals surface area (Å²) in [5.41, 5.74) is 6.79. The Morgan fingerprint density at radius 3 is 2.75 bits per heavy atom. The molecule has 1 heterocycles. The van der Waals surface area contributed by atoms with Gasteiger partial charge in [-0.25, -0.2) is 0 Å². The maximum atomic E-state index is 12.0. The Labute approximate surface area is 118 Å². The van der Waals surface area contributed by atoms with Crippen LogP contribution in [0.15, 0.2) is 29.4 Å². The predicted octanol–water partition coefficient (Wildman–Crippen LogP) is 0.211. The third kappa shape index (κ3) is 3.47. The number of nitrogens with two attached hydrogens (primary N) is 1. The molecule has 4 N–H and O–H groups in total. The standard InChI is InChI=1S/C12H18N4O3S/c13-12(15-17)11-5-3-4-10(8-11)9-14-20(18,19)16-6-1-2-7-16/h3-5,8,14,17H,1-2,6-7,9H2,(H2,13,15). The number of hydrogen-bond donors (Lipinski definition) is 3. The largest absolute Gasteiger partial charge is 0.409 e. The Morgan fingerprint density at radius 2 is 2.10 bits per heavy atom. The van der Waals surface area contributed by atoms with Crippen LogP contribution in [0.3, 0.4) is 0 Å². The summed E-state index contributed by atoms with van der Waals surface area (Å²) in [6, 6.07) is 6.88. The van der Waals surface area contributed by atoms with E-state index in [2.05, 4.69) is 9.88 Å². The molecule has 1 aromatic carbocycles. The zero-order valence-electron chi connectivity index (χ0n) is 11.0. The van der Waals surface area contributed by atoms with Crippen molar-refractivity contribution < 1.29 is 13.6 Å². The quantitative estimate of drug-likeness (QED) is 0.312. The van der Waals surface area contributed by atoms with E-state index in [1.54, 1.807) is 24.3 Å². The van der Waals surface area contributed by atoms with Crippen LogP contribution in [-0.4, -0.2) is 36.9 Å². The molecule has 0 saturated carbocycles. The van der Waals surface area contributed by atoms with Crippen LogP contribution in [0.5, 0.6) is 0 Å². The van der Waals surface area contributed by atoms with E-state index in [1.807, 2.05) is 0 Å². The van der Waals surface area contributed by atoms with Gasteiger partial charge in [0.15, 0.2) is 5.84 Å². The minimum atomic E-state index is -3.42. The van der Waals surface area contributed by atoms with Gasteiger partial charge in [0.2, 0.25) is 0 Å². The monoisotopic (exact) mass is 298 g/mol. The summed E-state index contributed by atoms with van der Waals surface area (Å²) in [5.74, 6) is -0.00532. The SMILES string of the molecule is NC(=NO)c1cccc(CNS(=O)(=O)N2CCCC2)c1. The van der Waals surface area contributed by atoms with E-state index in [-0.39, 0.29) is 12.4 Å². The fraction of sp³-hybridized carbons (Fsp3) is 0.417. The van der Waals surface area contributed by atoms with Gasteiger partial charge in [0, 0.05) is 25.2 Å². The second-order valence-corrected chi connectivity index (χ2v) is 6.37.